The van der Waals surface area contributed by atoms with Crippen LogP contribution in [0.1, 0.15) is 36.7 Å². The van der Waals surface area contributed by atoms with E-state index in [1.54, 1.807) is 10.6 Å². The second-order valence-corrected chi connectivity index (χ2v) is 8.04. The van der Waals surface area contributed by atoms with Crippen molar-refractivity contribution in [2.45, 2.75) is 37.8 Å². The lowest BCUT2D eigenvalue weighted by atomic mass is 9.85. The van der Waals surface area contributed by atoms with Gasteiger partial charge in [-0.1, -0.05) is 12.5 Å². The third kappa shape index (κ3) is 2.88. The van der Waals surface area contributed by atoms with Gasteiger partial charge >= 0.3 is 0 Å². The Morgan fingerprint density at radius 2 is 1.96 bits per heavy atom. The maximum Gasteiger partial charge on any atom is 0.250 e. The molecule has 0 bridgehead atoms. The summed E-state index contributed by atoms with van der Waals surface area (Å²) in [5.74, 6) is 2.48. The minimum atomic E-state index is 0.0369. The van der Waals surface area contributed by atoms with Gasteiger partial charge in [-0.15, -0.1) is 15.3 Å². The Balaban J connectivity index is 1.27. The average molecular weight is 379 g/mol. The highest BCUT2D eigenvalue weighted by atomic mass is 16.1. The minimum Gasteiger partial charge on any atom is -0.352 e. The van der Waals surface area contributed by atoms with Crippen LogP contribution >= 0.6 is 0 Å². The van der Waals surface area contributed by atoms with Crippen molar-refractivity contribution in [3.05, 3.63) is 52.2 Å². The van der Waals surface area contributed by atoms with Gasteiger partial charge in [0.15, 0.2) is 11.5 Å². The molecule has 4 heterocycles. The average Bonchev–Trinajstić information content (AvgIpc) is 2.99. The van der Waals surface area contributed by atoms with Gasteiger partial charge in [-0.2, -0.15) is 4.52 Å². The minimum absolute atomic E-state index is 0.0369. The standard InChI is InChI=1S/C20H25N7O/c1-24(11-15-7-4-8-19(28)25(15)2)16-12-26(13-16)18-10-9-17-21-22-20(27(17)23-18)14-5-3-6-14/h4,7-10,14,16H,3,5-6,11-13H2,1-2H3. The van der Waals surface area contributed by atoms with Crippen molar-refractivity contribution in [2.24, 2.45) is 7.05 Å². The number of anilines is 1. The number of likely N-dealkylation sites (N-methyl/N-ethyl adjacent to an activating group) is 1. The van der Waals surface area contributed by atoms with Crippen LogP contribution in [0.25, 0.3) is 5.65 Å². The van der Waals surface area contributed by atoms with Crippen LogP contribution in [-0.2, 0) is 13.6 Å². The fraction of sp³-hybridized carbons (Fsp3) is 0.500. The number of fused-ring (bicyclic) bond motifs is 1. The van der Waals surface area contributed by atoms with Crippen LogP contribution in [0.15, 0.2) is 35.1 Å². The van der Waals surface area contributed by atoms with Crippen molar-refractivity contribution < 1.29 is 0 Å². The van der Waals surface area contributed by atoms with Gasteiger partial charge in [-0.3, -0.25) is 9.69 Å². The van der Waals surface area contributed by atoms with E-state index < -0.39 is 0 Å². The first kappa shape index (κ1) is 17.4. The van der Waals surface area contributed by atoms with E-state index in [2.05, 4.69) is 27.0 Å². The smallest absolute Gasteiger partial charge is 0.250 e. The molecule has 0 N–H and O–H groups in total. The van der Waals surface area contributed by atoms with E-state index >= 15 is 0 Å². The summed E-state index contributed by atoms with van der Waals surface area (Å²) in [7, 11) is 3.95. The Kier molecular flexibility index (Phi) is 4.16. The number of pyridine rings is 1. The highest BCUT2D eigenvalue weighted by Crippen LogP contribution is 2.35. The SMILES string of the molecule is CN(Cc1cccc(=O)n1C)C1CN(c2ccc3nnc(C4CCC4)n3n2)C1. The second-order valence-electron chi connectivity index (χ2n) is 8.04. The topological polar surface area (TPSA) is 71.6 Å². The van der Waals surface area contributed by atoms with Crippen molar-refractivity contribution >= 4 is 11.5 Å². The first-order valence-corrected chi connectivity index (χ1v) is 9.92. The molecule has 0 atom stereocenters. The summed E-state index contributed by atoms with van der Waals surface area (Å²) in [6.45, 7) is 2.61. The molecule has 0 amide bonds. The number of nitrogens with zero attached hydrogens (tertiary/aromatic N) is 7. The zero-order chi connectivity index (χ0) is 19.3. The Morgan fingerprint density at radius 3 is 2.71 bits per heavy atom. The molecule has 0 spiro atoms. The summed E-state index contributed by atoms with van der Waals surface area (Å²) in [6, 6.07) is 9.92. The number of hydrogen-bond acceptors (Lipinski definition) is 6. The maximum atomic E-state index is 11.8. The molecule has 2 fully saturated rings. The molecule has 28 heavy (non-hydrogen) atoms. The summed E-state index contributed by atoms with van der Waals surface area (Å²) < 4.78 is 3.65. The van der Waals surface area contributed by atoms with Crippen molar-refractivity contribution in [2.75, 3.05) is 25.0 Å². The summed E-state index contributed by atoms with van der Waals surface area (Å²) >= 11 is 0. The monoisotopic (exact) mass is 379 g/mol. The largest absolute Gasteiger partial charge is 0.352 e. The molecule has 0 unspecified atom stereocenters. The molecule has 1 saturated carbocycles. The number of hydrogen-bond donors (Lipinski definition) is 0. The quantitative estimate of drug-likeness (QED) is 0.668. The summed E-state index contributed by atoms with van der Waals surface area (Å²) in [6.07, 6.45) is 3.64. The van der Waals surface area contributed by atoms with Crippen LogP contribution < -0.4 is 10.5 Å². The fourth-order valence-corrected chi connectivity index (χ4v) is 3.96. The zero-order valence-electron chi connectivity index (χ0n) is 16.3. The van der Waals surface area contributed by atoms with E-state index in [0.29, 0.717) is 12.0 Å². The lowest BCUT2D eigenvalue weighted by Gasteiger charge is -2.44. The Hall–Kier alpha value is -2.74. The molecular weight excluding hydrogens is 354 g/mol. The molecule has 8 heteroatoms. The van der Waals surface area contributed by atoms with E-state index in [-0.39, 0.29) is 5.56 Å². The Morgan fingerprint density at radius 1 is 1.14 bits per heavy atom. The molecule has 8 nitrogen and oxygen atoms in total. The van der Waals surface area contributed by atoms with Gasteiger partial charge in [0.2, 0.25) is 5.56 Å². The molecule has 1 saturated heterocycles. The van der Waals surface area contributed by atoms with Crippen molar-refractivity contribution in [3.8, 4) is 0 Å². The van der Waals surface area contributed by atoms with E-state index in [9.17, 15) is 4.79 Å². The molecule has 3 aromatic heterocycles. The lowest BCUT2D eigenvalue weighted by Crippen LogP contribution is -2.58. The van der Waals surface area contributed by atoms with E-state index in [4.69, 9.17) is 5.10 Å². The molecule has 2 aliphatic rings. The van der Waals surface area contributed by atoms with E-state index in [1.807, 2.05) is 35.8 Å². The van der Waals surface area contributed by atoms with Gasteiger partial charge in [-0.05, 0) is 38.1 Å². The Labute approximate surface area is 163 Å². The van der Waals surface area contributed by atoms with Crippen LogP contribution in [0.2, 0.25) is 0 Å². The van der Waals surface area contributed by atoms with Crippen LogP contribution in [0, 0.1) is 0 Å². The lowest BCUT2D eigenvalue weighted by molar-refractivity contribution is 0.192. The Bertz CT molecular complexity index is 1060. The van der Waals surface area contributed by atoms with Gasteiger partial charge in [0, 0.05) is 50.4 Å². The van der Waals surface area contributed by atoms with Crippen molar-refractivity contribution in [3.63, 3.8) is 0 Å². The zero-order valence-corrected chi connectivity index (χ0v) is 16.3. The molecule has 3 aromatic rings. The first-order valence-electron chi connectivity index (χ1n) is 9.92. The molecule has 0 aromatic carbocycles. The van der Waals surface area contributed by atoms with E-state index in [0.717, 1.165) is 42.6 Å². The molecular formula is C20H25N7O. The van der Waals surface area contributed by atoms with Crippen LogP contribution in [0.4, 0.5) is 5.82 Å². The molecule has 1 aliphatic carbocycles. The summed E-state index contributed by atoms with van der Waals surface area (Å²) in [5.41, 5.74) is 1.89. The van der Waals surface area contributed by atoms with Gasteiger partial charge in [0.05, 0.1) is 0 Å². The first-order chi connectivity index (χ1) is 13.6. The highest BCUT2D eigenvalue weighted by molar-refractivity contribution is 5.48. The number of aromatic nitrogens is 5. The summed E-state index contributed by atoms with van der Waals surface area (Å²) in [5, 5.41) is 13.4. The maximum absolute atomic E-state index is 11.8. The molecule has 146 valence electrons. The third-order valence-corrected chi connectivity index (χ3v) is 6.25. The summed E-state index contributed by atoms with van der Waals surface area (Å²) in [4.78, 5) is 16.4. The second kappa shape index (κ2) is 6.70. The van der Waals surface area contributed by atoms with E-state index in [1.165, 1.54) is 19.3 Å². The van der Waals surface area contributed by atoms with Crippen molar-refractivity contribution in [1.82, 2.24) is 29.3 Å². The normalized spacial score (nSPS) is 17.9. The fourth-order valence-electron chi connectivity index (χ4n) is 3.96. The van der Waals surface area contributed by atoms with Gasteiger partial charge < -0.3 is 9.47 Å². The predicted octanol–water partition coefficient (Wildman–Crippen LogP) is 1.41. The van der Waals surface area contributed by atoms with Gasteiger partial charge in [0.25, 0.3) is 0 Å². The molecule has 5 rings (SSSR count). The molecule has 0 radical (unpaired) electrons. The van der Waals surface area contributed by atoms with Crippen LogP contribution in [0.3, 0.4) is 0 Å². The van der Waals surface area contributed by atoms with Crippen LogP contribution in [-0.4, -0.2) is 55.5 Å². The predicted molar refractivity (Wildman–Crippen MR) is 107 cm³/mol. The number of rotatable bonds is 5. The van der Waals surface area contributed by atoms with Gasteiger partial charge in [0.1, 0.15) is 5.82 Å². The van der Waals surface area contributed by atoms with Gasteiger partial charge in [-0.25, -0.2) is 0 Å². The van der Waals surface area contributed by atoms with Crippen LogP contribution in [0.5, 0.6) is 0 Å². The third-order valence-electron chi connectivity index (χ3n) is 6.25. The molecule has 1 aliphatic heterocycles. The highest BCUT2D eigenvalue weighted by Gasteiger charge is 2.32. The van der Waals surface area contributed by atoms with Crippen molar-refractivity contribution in [1.29, 1.82) is 0 Å².